The van der Waals surface area contributed by atoms with Gasteiger partial charge in [-0.25, -0.2) is 4.79 Å². The van der Waals surface area contributed by atoms with Crippen molar-refractivity contribution in [1.29, 1.82) is 0 Å². The van der Waals surface area contributed by atoms with Gasteiger partial charge in [0.25, 0.3) is 5.91 Å². The zero-order chi connectivity index (χ0) is 20.3. The maximum Gasteiger partial charge on any atom is 0.341 e. The maximum absolute atomic E-state index is 12.5. The van der Waals surface area contributed by atoms with Gasteiger partial charge in [0.05, 0.1) is 12.2 Å². The minimum absolute atomic E-state index is 0.265. The summed E-state index contributed by atoms with van der Waals surface area (Å²) in [5, 5.41) is 6.28. The fraction of sp³-hybridized carbons (Fsp3) is 0.368. The lowest BCUT2D eigenvalue weighted by Gasteiger charge is -2.27. The lowest BCUT2D eigenvalue weighted by atomic mass is 10.1. The molecule has 0 spiro atoms. The number of fused-ring (bicyclic) bond motifs is 1. The normalized spacial score (nSPS) is 14.3. The number of aryl methyl sites for hydroxylation is 1. The van der Waals surface area contributed by atoms with Crippen LogP contribution in [-0.4, -0.2) is 28.4 Å². The molecule has 0 saturated heterocycles. The van der Waals surface area contributed by atoms with Gasteiger partial charge in [0.2, 0.25) is 3.79 Å². The number of anilines is 1. The van der Waals surface area contributed by atoms with Gasteiger partial charge in [-0.3, -0.25) is 4.79 Å². The number of amides is 1. The van der Waals surface area contributed by atoms with Crippen LogP contribution in [0, 0.1) is 0 Å². The van der Waals surface area contributed by atoms with E-state index in [0.717, 1.165) is 29.7 Å². The molecular weight excluding hydrogens is 443 g/mol. The molecule has 0 fully saturated rings. The first-order valence-corrected chi connectivity index (χ1v) is 10.8. The van der Waals surface area contributed by atoms with Gasteiger partial charge in [-0.05, 0) is 43.9 Å². The number of halogens is 3. The Kier molecular flexibility index (Phi) is 6.76. The molecule has 0 unspecified atom stereocenters. The van der Waals surface area contributed by atoms with Crippen molar-refractivity contribution in [2.45, 2.75) is 36.1 Å². The summed E-state index contributed by atoms with van der Waals surface area (Å²) in [6.07, 6.45) is 1.64. The molecule has 1 amide bonds. The van der Waals surface area contributed by atoms with Gasteiger partial charge in [0.1, 0.15) is 11.2 Å². The first-order valence-electron chi connectivity index (χ1n) is 8.82. The Morgan fingerprint density at radius 2 is 1.93 bits per heavy atom. The fourth-order valence-corrected chi connectivity index (χ4v) is 4.69. The molecule has 0 aliphatic heterocycles. The molecule has 1 aliphatic carbocycles. The molecule has 3 rings (SSSR count). The topological polar surface area (TPSA) is 67.4 Å². The van der Waals surface area contributed by atoms with E-state index in [1.165, 1.54) is 11.3 Å². The first kappa shape index (κ1) is 21.2. The SMILES string of the molecule is CCOC(=O)c1c(N[C@@H](NC(=O)c2ccccc2)C(Cl)(Cl)Cl)sc2c1CCC2. The molecule has 1 aromatic carbocycles. The molecule has 28 heavy (non-hydrogen) atoms. The Hall–Kier alpha value is -1.47. The quantitative estimate of drug-likeness (QED) is 0.363. The van der Waals surface area contributed by atoms with Gasteiger partial charge in [-0.1, -0.05) is 53.0 Å². The van der Waals surface area contributed by atoms with Crippen molar-refractivity contribution < 1.29 is 14.3 Å². The summed E-state index contributed by atoms with van der Waals surface area (Å²) in [6, 6.07) is 8.62. The molecule has 150 valence electrons. The van der Waals surface area contributed by atoms with Crippen molar-refractivity contribution >= 4 is 63.0 Å². The van der Waals surface area contributed by atoms with Crippen LogP contribution in [0.1, 0.15) is 44.5 Å². The van der Waals surface area contributed by atoms with Crippen LogP contribution in [0.3, 0.4) is 0 Å². The summed E-state index contributed by atoms with van der Waals surface area (Å²) in [5.41, 5.74) is 1.87. The second kappa shape index (κ2) is 8.91. The second-order valence-electron chi connectivity index (χ2n) is 6.24. The Morgan fingerprint density at radius 3 is 2.57 bits per heavy atom. The van der Waals surface area contributed by atoms with E-state index in [9.17, 15) is 9.59 Å². The highest BCUT2D eigenvalue weighted by atomic mass is 35.6. The number of hydrogen-bond acceptors (Lipinski definition) is 5. The van der Waals surface area contributed by atoms with Crippen molar-refractivity contribution in [2.75, 3.05) is 11.9 Å². The molecule has 1 aliphatic rings. The summed E-state index contributed by atoms with van der Waals surface area (Å²) in [6.45, 7) is 2.02. The Morgan fingerprint density at radius 1 is 1.21 bits per heavy atom. The van der Waals surface area contributed by atoms with Crippen LogP contribution < -0.4 is 10.6 Å². The number of hydrogen-bond donors (Lipinski definition) is 2. The summed E-state index contributed by atoms with van der Waals surface area (Å²) < 4.78 is 3.37. The van der Waals surface area contributed by atoms with Crippen LogP contribution in [0.5, 0.6) is 0 Å². The highest BCUT2D eigenvalue weighted by molar-refractivity contribution is 7.16. The molecule has 0 radical (unpaired) electrons. The molecular formula is C19H19Cl3N2O3S. The van der Waals surface area contributed by atoms with E-state index in [2.05, 4.69) is 10.6 Å². The van der Waals surface area contributed by atoms with Gasteiger partial charge in [0.15, 0.2) is 0 Å². The minimum Gasteiger partial charge on any atom is -0.462 e. The van der Waals surface area contributed by atoms with Crippen LogP contribution in [0.25, 0.3) is 0 Å². The average Bonchev–Trinajstić information content (AvgIpc) is 3.21. The molecule has 0 bridgehead atoms. The van der Waals surface area contributed by atoms with E-state index < -0.39 is 21.8 Å². The van der Waals surface area contributed by atoms with Crippen molar-refractivity contribution in [3.8, 4) is 0 Å². The fourth-order valence-electron chi connectivity index (χ4n) is 3.06. The Labute approximate surface area is 182 Å². The molecule has 5 nitrogen and oxygen atoms in total. The first-order chi connectivity index (χ1) is 13.3. The molecule has 1 atom stereocenters. The van der Waals surface area contributed by atoms with Crippen molar-refractivity contribution in [2.24, 2.45) is 0 Å². The molecule has 9 heteroatoms. The Balaban J connectivity index is 1.88. The van der Waals surface area contributed by atoms with E-state index in [-0.39, 0.29) is 6.61 Å². The monoisotopic (exact) mass is 460 g/mol. The number of ether oxygens (including phenoxy) is 1. The molecule has 2 N–H and O–H groups in total. The molecule has 1 heterocycles. The highest BCUT2D eigenvalue weighted by Gasteiger charge is 2.37. The third-order valence-electron chi connectivity index (χ3n) is 4.32. The van der Waals surface area contributed by atoms with Crippen LogP contribution >= 0.6 is 46.1 Å². The molecule has 2 aromatic rings. The third kappa shape index (κ3) is 4.74. The molecule has 0 saturated carbocycles. The van der Waals surface area contributed by atoms with Gasteiger partial charge < -0.3 is 15.4 Å². The zero-order valence-corrected chi connectivity index (χ0v) is 18.1. The largest absolute Gasteiger partial charge is 0.462 e. The average molecular weight is 462 g/mol. The van der Waals surface area contributed by atoms with E-state index in [1.807, 2.05) is 0 Å². The summed E-state index contributed by atoms with van der Waals surface area (Å²) in [5.74, 6) is -0.812. The predicted molar refractivity (Wildman–Crippen MR) is 114 cm³/mol. The van der Waals surface area contributed by atoms with E-state index in [4.69, 9.17) is 39.5 Å². The third-order valence-corrected chi connectivity index (χ3v) is 6.19. The zero-order valence-electron chi connectivity index (χ0n) is 15.1. The number of benzene rings is 1. The number of nitrogens with one attached hydrogen (secondary N) is 2. The number of thiophene rings is 1. The lowest BCUT2D eigenvalue weighted by Crippen LogP contribution is -2.49. The summed E-state index contributed by atoms with van der Waals surface area (Å²) in [4.78, 5) is 26.2. The van der Waals surface area contributed by atoms with Crippen LogP contribution in [0.15, 0.2) is 30.3 Å². The number of alkyl halides is 3. The number of rotatable bonds is 6. The summed E-state index contributed by atoms with van der Waals surface area (Å²) in [7, 11) is 0. The van der Waals surface area contributed by atoms with Crippen LogP contribution in [0.4, 0.5) is 5.00 Å². The number of carbonyl (C=O) groups is 2. The van der Waals surface area contributed by atoms with Crippen molar-refractivity contribution in [3.05, 3.63) is 51.9 Å². The molecule has 1 aromatic heterocycles. The Bertz CT molecular complexity index is 865. The minimum atomic E-state index is -1.84. The van der Waals surface area contributed by atoms with Crippen molar-refractivity contribution in [1.82, 2.24) is 5.32 Å². The van der Waals surface area contributed by atoms with E-state index in [0.29, 0.717) is 16.1 Å². The maximum atomic E-state index is 12.5. The highest BCUT2D eigenvalue weighted by Crippen LogP contribution is 2.41. The van der Waals surface area contributed by atoms with E-state index >= 15 is 0 Å². The van der Waals surface area contributed by atoms with Crippen LogP contribution in [-0.2, 0) is 17.6 Å². The van der Waals surface area contributed by atoms with Crippen LogP contribution in [0.2, 0.25) is 0 Å². The predicted octanol–water partition coefficient (Wildman–Crippen LogP) is 4.95. The smallest absolute Gasteiger partial charge is 0.341 e. The standard InChI is InChI=1S/C19H19Cl3N2O3S/c1-2-27-17(26)14-12-9-6-10-13(12)28-16(14)24-18(19(20,21)22)23-15(25)11-7-4-3-5-8-11/h3-5,7-8,18,24H,2,6,9-10H2,1H3,(H,23,25)/t18-/m1/s1. The van der Waals surface area contributed by atoms with Crippen molar-refractivity contribution in [3.63, 3.8) is 0 Å². The van der Waals surface area contributed by atoms with Gasteiger partial charge in [-0.2, -0.15) is 0 Å². The lowest BCUT2D eigenvalue weighted by molar-refractivity contribution is 0.0527. The second-order valence-corrected chi connectivity index (χ2v) is 9.71. The number of carbonyl (C=O) groups excluding carboxylic acids is 2. The van der Waals surface area contributed by atoms with E-state index in [1.54, 1.807) is 37.3 Å². The number of esters is 1. The van der Waals surface area contributed by atoms with Gasteiger partial charge >= 0.3 is 5.97 Å². The summed E-state index contributed by atoms with van der Waals surface area (Å²) >= 11 is 19.8. The van der Waals surface area contributed by atoms with Gasteiger partial charge in [-0.15, -0.1) is 11.3 Å². The van der Waals surface area contributed by atoms with Gasteiger partial charge in [0, 0.05) is 10.4 Å².